The monoisotopic (exact) mass is 1090 g/mol. The molecule has 14 aromatic carbocycles. The molecular weight excluding hydrogens is 1040 g/mol. The third kappa shape index (κ3) is 7.86. The lowest BCUT2D eigenvalue weighted by atomic mass is 9.98. The fourth-order valence-corrected chi connectivity index (χ4v) is 13.1. The van der Waals surface area contributed by atoms with E-state index in [9.17, 15) is 0 Å². The summed E-state index contributed by atoms with van der Waals surface area (Å²) in [6.07, 6.45) is 0. The standard InChI is InChI=1S/C80H50N2O3/c1-5-23-51(24-6-1)55-31-17-33-57(47-55)81(71-45-21-43-67-65-41-19-39-59(75(65)84-79(67)71)53-27-9-3-10-28-53)73-49-69-70-50-74(62-36-14-16-38-64(62)78(70)83-77(69)63-37-15-13-35-61(63)73)82(58-34-18-32-56(48-58)52-25-7-2-8-26-52)72-46-22-44-68-66-42-20-40-60(76(66)85-80(68)72)54-29-11-4-12-30-54/h1-50H. The first-order valence-electron chi connectivity index (χ1n) is 28.9. The maximum atomic E-state index is 7.38. The Morgan fingerprint density at radius 2 is 0.471 bits per heavy atom. The van der Waals surface area contributed by atoms with E-state index in [1.807, 2.05) is 0 Å². The van der Waals surface area contributed by atoms with Gasteiger partial charge in [0, 0.05) is 76.4 Å². The molecule has 0 bridgehead atoms. The lowest BCUT2D eigenvalue weighted by Crippen LogP contribution is -2.11. The highest BCUT2D eigenvalue weighted by molar-refractivity contribution is 6.26. The molecule has 0 unspecified atom stereocenters. The average molecular weight is 1090 g/mol. The Kier molecular flexibility index (Phi) is 11.2. The minimum atomic E-state index is 0.796. The van der Waals surface area contributed by atoms with Crippen LogP contribution in [-0.4, -0.2) is 0 Å². The molecule has 0 atom stereocenters. The zero-order chi connectivity index (χ0) is 56.0. The van der Waals surface area contributed by atoms with Gasteiger partial charge < -0.3 is 23.1 Å². The van der Waals surface area contributed by atoms with Gasteiger partial charge in [-0.05, 0) is 81.9 Å². The van der Waals surface area contributed by atoms with Gasteiger partial charge in [-0.25, -0.2) is 0 Å². The second-order valence-corrected chi connectivity index (χ2v) is 21.8. The second kappa shape index (κ2) is 19.7. The van der Waals surface area contributed by atoms with Crippen LogP contribution in [0.25, 0.3) is 132 Å². The van der Waals surface area contributed by atoms with Gasteiger partial charge >= 0.3 is 0 Å². The SMILES string of the molecule is c1ccc(-c2cccc(N(c3cc4c5cc(N(c6cccc(-c7ccccc7)c6)c6cccc7c6oc6c(-c8ccccc8)cccc67)c6ccccc6c5oc4c4ccccc34)c3cccc4c3oc3c(-c5ccccc5)cccc34)c2)cc1. The summed E-state index contributed by atoms with van der Waals surface area (Å²) in [6, 6.07) is 108. The number of fused-ring (bicyclic) bond motifs is 13. The van der Waals surface area contributed by atoms with Gasteiger partial charge in [-0.1, -0.05) is 255 Å². The van der Waals surface area contributed by atoms with E-state index >= 15 is 0 Å². The minimum Gasteiger partial charge on any atom is -0.455 e. The Hall–Kier alpha value is -11.4. The highest BCUT2D eigenvalue weighted by Gasteiger charge is 2.28. The lowest BCUT2D eigenvalue weighted by Gasteiger charge is -2.28. The van der Waals surface area contributed by atoms with Crippen molar-refractivity contribution in [3.05, 3.63) is 303 Å². The molecule has 3 aromatic heterocycles. The molecule has 0 saturated heterocycles. The molecule has 5 nitrogen and oxygen atoms in total. The number of hydrogen-bond donors (Lipinski definition) is 0. The van der Waals surface area contributed by atoms with Crippen molar-refractivity contribution in [1.29, 1.82) is 0 Å². The summed E-state index contributed by atoms with van der Waals surface area (Å²) in [5.74, 6) is 0. The molecule has 0 aliphatic heterocycles. The van der Waals surface area contributed by atoms with Crippen LogP contribution in [0.3, 0.4) is 0 Å². The molecule has 0 amide bonds. The van der Waals surface area contributed by atoms with E-state index in [0.29, 0.717) is 0 Å². The summed E-state index contributed by atoms with van der Waals surface area (Å²) in [4.78, 5) is 4.80. The van der Waals surface area contributed by atoms with E-state index in [1.54, 1.807) is 0 Å². The summed E-state index contributed by atoms with van der Waals surface area (Å²) in [6.45, 7) is 0. The fourth-order valence-electron chi connectivity index (χ4n) is 13.1. The van der Waals surface area contributed by atoms with Gasteiger partial charge in [0.15, 0.2) is 11.2 Å². The number of para-hydroxylation sites is 4. The zero-order valence-corrected chi connectivity index (χ0v) is 46.0. The topological polar surface area (TPSA) is 45.9 Å². The minimum absolute atomic E-state index is 0.796. The first kappa shape index (κ1) is 48.3. The molecule has 17 aromatic rings. The van der Waals surface area contributed by atoms with Crippen molar-refractivity contribution < 1.29 is 13.3 Å². The van der Waals surface area contributed by atoms with Crippen molar-refractivity contribution in [1.82, 2.24) is 0 Å². The largest absolute Gasteiger partial charge is 0.455 e. The van der Waals surface area contributed by atoms with Crippen molar-refractivity contribution in [2.45, 2.75) is 0 Å². The number of furan rings is 3. The van der Waals surface area contributed by atoms with Crippen molar-refractivity contribution >= 4 is 121 Å². The Bertz CT molecular complexity index is 5090. The van der Waals surface area contributed by atoms with Gasteiger partial charge in [-0.3, -0.25) is 0 Å². The summed E-state index contributed by atoms with van der Waals surface area (Å²) < 4.78 is 21.9. The Labute approximate surface area is 489 Å². The van der Waals surface area contributed by atoms with Crippen molar-refractivity contribution in [2.75, 3.05) is 9.80 Å². The number of benzene rings is 14. The average Bonchev–Trinajstić information content (AvgIpc) is 2.39. The number of rotatable bonds is 10. The van der Waals surface area contributed by atoms with Crippen LogP contribution in [0.4, 0.5) is 34.1 Å². The molecule has 85 heavy (non-hydrogen) atoms. The maximum Gasteiger partial charge on any atom is 0.159 e. The molecule has 0 radical (unpaired) electrons. The van der Waals surface area contributed by atoms with E-state index in [4.69, 9.17) is 13.3 Å². The molecule has 0 aliphatic rings. The number of anilines is 6. The molecule has 0 fully saturated rings. The fraction of sp³-hybridized carbons (Fsp3) is 0. The predicted molar refractivity (Wildman–Crippen MR) is 354 cm³/mol. The number of nitrogens with zero attached hydrogens (tertiary/aromatic N) is 2. The van der Waals surface area contributed by atoms with Crippen LogP contribution in [0.15, 0.2) is 317 Å². The third-order valence-corrected chi connectivity index (χ3v) is 17.0. The van der Waals surface area contributed by atoms with Crippen LogP contribution in [0.2, 0.25) is 0 Å². The van der Waals surface area contributed by atoms with E-state index in [0.717, 1.165) is 166 Å². The normalized spacial score (nSPS) is 11.8. The summed E-state index contributed by atoms with van der Waals surface area (Å²) >= 11 is 0. The summed E-state index contributed by atoms with van der Waals surface area (Å²) in [7, 11) is 0. The van der Waals surface area contributed by atoms with Gasteiger partial charge in [0.2, 0.25) is 0 Å². The van der Waals surface area contributed by atoms with Crippen LogP contribution >= 0.6 is 0 Å². The molecule has 0 spiro atoms. The van der Waals surface area contributed by atoms with Crippen molar-refractivity contribution in [3.63, 3.8) is 0 Å². The molecule has 398 valence electrons. The van der Waals surface area contributed by atoms with Gasteiger partial charge in [0.05, 0.1) is 22.7 Å². The van der Waals surface area contributed by atoms with E-state index in [2.05, 4.69) is 313 Å². The smallest absolute Gasteiger partial charge is 0.159 e. The first-order valence-corrected chi connectivity index (χ1v) is 28.9. The van der Waals surface area contributed by atoms with Crippen LogP contribution in [0.1, 0.15) is 0 Å². The van der Waals surface area contributed by atoms with Crippen molar-refractivity contribution in [3.8, 4) is 44.5 Å². The van der Waals surface area contributed by atoms with Crippen LogP contribution in [0, 0.1) is 0 Å². The third-order valence-electron chi connectivity index (χ3n) is 17.0. The molecule has 5 heteroatoms. The Balaban J connectivity index is 0.953. The molecule has 0 saturated carbocycles. The maximum absolute atomic E-state index is 7.38. The Morgan fingerprint density at radius 3 is 0.882 bits per heavy atom. The molecule has 0 N–H and O–H groups in total. The van der Waals surface area contributed by atoms with Crippen LogP contribution < -0.4 is 9.80 Å². The number of hydrogen-bond acceptors (Lipinski definition) is 5. The summed E-state index contributed by atoms with van der Waals surface area (Å²) in [5.41, 5.74) is 19.5. The van der Waals surface area contributed by atoms with E-state index in [1.165, 1.54) is 0 Å². The Morgan fingerprint density at radius 1 is 0.176 bits per heavy atom. The predicted octanol–water partition coefficient (Wildman–Crippen LogP) is 23.3. The molecule has 3 heterocycles. The quantitative estimate of drug-likeness (QED) is 0.137. The van der Waals surface area contributed by atoms with E-state index in [-0.39, 0.29) is 0 Å². The summed E-state index contributed by atoms with van der Waals surface area (Å²) in [5, 5.41) is 10.2. The van der Waals surface area contributed by atoms with Gasteiger partial charge in [-0.2, -0.15) is 0 Å². The van der Waals surface area contributed by atoms with Gasteiger partial charge in [-0.15, -0.1) is 0 Å². The molecule has 17 rings (SSSR count). The highest BCUT2D eigenvalue weighted by atomic mass is 16.3. The van der Waals surface area contributed by atoms with Crippen molar-refractivity contribution in [2.24, 2.45) is 0 Å². The highest BCUT2D eigenvalue weighted by Crippen LogP contribution is 2.52. The molecular formula is C80H50N2O3. The van der Waals surface area contributed by atoms with Gasteiger partial charge in [0.25, 0.3) is 0 Å². The second-order valence-electron chi connectivity index (χ2n) is 21.8. The zero-order valence-electron chi connectivity index (χ0n) is 46.0. The molecule has 0 aliphatic carbocycles. The van der Waals surface area contributed by atoms with Gasteiger partial charge in [0.1, 0.15) is 22.3 Å². The first-order chi connectivity index (χ1) is 42.2. The van der Waals surface area contributed by atoms with Crippen LogP contribution in [0.5, 0.6) is 0 Å². The van der Waals surface area contributed by atoms with Crippen LogP contribution in [-0.2, 0) is 0 Å². The lowest BCUT2D eigenvalue weighted by molar-refractivity contribution is 0.670. The van der Waals surface area contributed by atoms with E-state index < -0.39 is 0 Å².